The summed E-state index contributed by atoms with van der Waals surface area (Å²) >= 11 is 0. The van der Waals surface area contributed by atoms with E-state index in [2.05, 4.69) is 16.3 Å². The highest BCUT2D eigenvalue weighted by atomic mass is 16.5. The topological polar surface area (TPSA) is 97.8 Å². The van der Waals surface area contributed by atoms with E-state index in [9.17, 15) is 15.0 Å². The average Bonchev–Trinajstić information content (AvgIpc) is 2.83. The van der Waals surface area contributed by atoms with Gasteiger partial charge in [-0.3, -0.25) is 0 Å². The standard InChI is InChI=1S/C24H30N5O3/c1-28(31)19-8-7-18-13-20(23(27-22(18)14-19)29-11-9-26-10-12-29)21(15-25)24(30)32-16-17-5-3-2-4-6-17/h7-8,14,17,26H,2-6,9-13,16H2,1H3/q+1/b21-20+. The molecule has 4 rings (SSSR count). The number of piperazine rings is 1. The van der Waals surface area contributed by atoms with E-state index in [1.165, 1.54) is 26.3 Å². The van der Waals surface area contributed by atoms with Crippen LogP contribution in [0.5, 0.6) is 0 Å². The fraction of sp³-hybridized carbons (Fsp3) is 0.542. The first-order valence-electron chi connectivity index (χ1n) is 11.5. The van der Waals surface area contributed by atoms with Gasteiger partial charge >= 0.3 is 5.97 Å². The average molecular weight is 437 g/mol. The molecular weight excluding hydrogens is 406 g/mol. The molecule has 1 saturated carbocycles. The fourth-order valence-electron chi connectivity index (χ4n) is 4.65. The van der Waals surface area contributed by atoms with Crippen molar-refractivity contribution in [1.29, 1.82) is 5.26 Å². The van der Waals surface area contributed by atoms with Crippen LogP contribution in [-0.4, -0.2) is 61.3 Å². The van der Waals surface area contributed by atoms with E-state index in [0.29, 0.717) is 41.7 Å². The number of nitroso groups, excluding NO2 is 1. The summed E-state index contributed by atoms with van der Waals surface area (Å²) in [6.07, 6.45) is 6.14. The van der Waals surface area contributed by atoms with Crippen molar-refractivity contribution in [2.24, 2.45) is 10.9 Å². The van der Waals surface area contributed by atoms with Gasteiger partial charge in [0.2, 0.25) is 0 Å². The van der Waals surface area contributed by atoms with Gasteiger partial charge in [-0.2, -0.15) is 5.26 Å². The third-order valence-electron chi connectivity index (χ3n) is 6.51. The third kappa shape index (κ3) is 4.89. The normalized spacial score (nSPS) is 20.6. The molecule has 8 nitrogen and oxygen atoms in total. The number of carbonyl (C=O) groups is 1. The number of fused-ring (bicyclic) bond motifs is 1. The summed E-state index contributed by atoms with van der Waals surface area (Å²) in [7, 11) is 1.45. The van der Waals surface area contributed by atoms with Gasteiger partial charge in [-0.15, -0.1) is 0 Å². The molecule has 1 N–H and O–H groups in total. The van der Waals surface area contributed by atoms with Crippen molar-refractivity contribution in [2.75, 3.05) is 39.8 Å². The number of rotatable bonds is 4. The Kier molecular flexibility index (Phi) is 6.96. The smallest absolute Gasteiger partial charge is 0.349 e. The van der Waals surface area contributed by atoms with E-state index >= 15 is 0 Å². The van der Waals surface area contributed by atoms with Crippen LogP contribution in [-0.2, 0) is 16.0 Å². The number of nitriles is 1. The molecule has 0 unspecified atom stereocenters. The number of hydrogen-bond acceptors (Lipinski definition) is 7. The third-order valence-corrected chi connectivity index (χ3v) is 6.51. The lowest BCUT2D eigenvalue weighted by Crippen LogP contribution is -2.47. The molecule has 3 aliphatic rings. The van der Waals surface area contributed by atoms with Gasteiger partial charge in [0, 0.05) is 60.0 Å². The van der Waals surface area contributed by atoms with Crippen molar-refractivity contribution < 1.29 is 14.3 Å². The molecule has 1 aliphatic carbocycles. The molecule has 168 valence electrons. The van der Waals surface area contributed by atoms with Crippen LogP contribution in [0, 0.1) is 22.2 Å². The van der Waals surface area contributed by atoms with Crippen LogP contribution in [0.15, 0.2) is 34.3 Å². The molecule has 1 aromatic rings. The molecule has 1 saturated heterocycles. The Morgan fingerprint density at radius 2 is 2.03 bits per heavy atom. The van der Waals surface area contributed by atoms with E-state index < -0.39 is 5.97 Å². The molecule has 1 aromatic carbocycles. The largest absolute Gasteiger partial charge is 0.461 e. The van der Waals surface area contributed by atoms with Crippen LogP contribution < -0.4 is 5.32 Å². The van der Waals surface area contributed by atoms with Crippen LogP contribution in [0.25, 0.3) is 0 Å². The second kappa shape index (κ2) is 10.0. The van der Waals surface area contributed by atoms with Crippen LogP contribution in [0.1, 0.15) is 37.7 Å². The van der Waals surface area contributed by atoms with Gasteiger partial charge in [0.25, 0.3) is 5.69 Å². The number of aliphatic imine (C=N–C) groups is 1. The van der Waals surface area contributed by atoms with Crippen molar-refractivity contribution in [3.05, 3.63) is 39.8 Å². The van der Waals surface area contributed by atoms with E-state index in [0.717, 1.165) is 49.3 Å². The van der Waals surface area contributed by atoms with E-state index in [1.54, 1.807) is 12.1 Å². The van der Waals surface area contributed by atoms with Gasteiger partial charge < -0.3 is 15.0 Å². The van der Waals surface area contributed by atoms with Gasteiger partial charge in [0.15, 0.2) is 7.05 Å². The van der Waals surface area contributed by atoms with Crippen LogP contribution >= 0.6 is 0 Å². The SMILES string of the molecule is C[N+](=O)c1ccc2c(c1)N=C(N1CCNCC1)/C(=C(\C#N)C(=O)OCC1CCCCC1)C2. The quantitative estimate of drug-likeness (QED) is 0.337. The second-order valence-corrected chi connectivity index (χ2v) is 8.73. The number of carbonyl (C=O) groups excluding carboxylic acids is 1. The predicted octanol–water partition coefficient (Wildman–Crippen LogP) is 3.16. The predicted molar refractivity (Wildman–Crippen MR) is 121 cm³/mol. The molecule has 2 fully saturated rings. The molecule has 32 heavy (non-hydrogen) atoms. The highest BCUT2D eigenvalue weighted by molar-refractivity contribution is 6.10. The number of hydrogen-bond donors (Lipinski definition) is 1. The lowest BCUT2D eigenvalue weighted by Gasteiger charge is -2.33. The highest BCUT2D eigenvalue weighted by Gasteiger charge is 2.30. The van der Waals surface area contributed by atoms with Gasteiger partial charge in [-0.1, -0.05) is 19.3 Å². The van der Waals surface area contributed by atoms with E-state index in [4.69, 9.17) is 9.73 Å². The molecule has 0 spiro atoms. The first kappa shape index (κ1) is 22.2. The van der Waals surface area contributed by atoms with E-state index in [-0.39, 0.29) is 5.57 Å². The van der Waals surface area contributed by atoms with Crippen molar-refractivity contribution in [3.63, 3.8) is 0 Å². The molecular formula is C24H30N5O3+. The zero-order valence-corrected chi connectivity index (χ0v) is 18.6. The molecule has 0 radical (unpaired) electrons. The molecule has 0 amide bonds. The molecule has 0 aromatic heterocycles. The maximum Gasteiger partial charge on any atom is 0.349 e. The summed E-state index contributed by atoms with van der Waals surface area (Å²) in [5, 5.41) is 13.2. The zero-order chi connectivity index (χ0) is 22.5. The summed E-state index contributed by atoms with van der Waals surface area (Å²) in [4.78, 5) is 31.7. The van der Waals surface area contributed by atoms with Gasteiger partial charge in [0.1, 0.15) is 17.5 Å². The minimum absolute atomic E-state index is 0.0359. The molecule has 8 heteroatoms. The Morgan fingerprint density at radius 1 is 1.28 bits per heavy atom. The van der Waals surface area contributed by atoms with Crippen LogP contribution in [0.2, 0.25) is 0 Å². The first-order chi connectivity index (χ1) is 15.6. The fourth-order valence-corrected chi connectivity index (χ4v) is 4.65. The maximum absolute atomic E-state index is 13.0. The number of ether oxygens (including phenoxy) is 1. The Hall–Kier alpha value is -3.05. The summed E-state index contributed by atoms with van der Waals surface area (Å²) in [6.45, 7) is 3.43. The lowest BCUT2D eigenvalue weighted by atomic mass is 9.90. The highest BCUT2D eigenvalue weighted by Crippen LogP contribution is 2.34. The maximum atomic E-state index is 13.0. The summed E-state index contributed by atoms with van der Waals surface area (Å²) in [5.41, 5.74) is 2.76. The minimum atomic E-state index is -0.560. The summed E-state index contributed by atoms with van der Waals surface area (Å²) in [5.74, 6) is 0.458. The second-order valence-electron chi connectivity index (χ2n) is 8.73. The Morgan fingerprint density at radius 3 is 2.72 bits per heavy atom. The summed E-state index contributed by atoms with van der Waals surface area (Å²) < 4.78 is 6.41. The number of nitrogens with zero attached hydrogens (tertiary/aromatic N) is 4. The minimum Gasteiger partial charge on any atom is -0.461 e. The zero-order valence-electron chi connectivity index (χ0n) is 18.6. The molecule has 2 heterocycles. The van der Waals surface area contributed by atoms with Crippen LogP contribution in [0.3, 0.4) is 0 Å². The van der Waals surface area contributed by atoms with Crippen molar-refractivity contribution in [3.8, 4) is 6.07 Å². The van der Waals surface area contributed by atoms with Crippen LogP contribution in [0.4, 0.5) is 11.4 Å². The molecule has 0 atom stereocenters. The Bertz CT molecular complexity index is 995. The number of benzene rings is 1. The molecule has 2 aliphatic heterocycles. The summed E-state index contributed by atoms with van der Waals surface area (Å²) in [6, 6.07) is 7.46. The van der Waals surface area contributed by atoms with Gasteiger partial charge in [-0.25, -0.2) is 9.79 Å². The van der Waals surface area contributed by atoms with Crippen molar-refractivity contribution >= 4 is 23.2 Å². The van der Waals surface area contributed by atoms with Crippen molar-refractivity contribution in [2.45, 2.75) is 38.5 Å². The van der Waals surface area contributed by atoms with E-state index in [1.807, 2.05) is 6.07 Å². The van der Waals surface area contributed by atoms with Gasteiger partial charge in [0.05, 0.1) is 12.3 Å². The number of esters is 1. The lowest BCUT2D eigenvalue weighted by molar-refractivity contribution is -0.428. The first-order valence-corrected chi connectivity index (χ1v) is 11.5. The number of amidine groups is 1. The molecule has 0 bridgehead atoms. The monoisotopic (exact) mass is 436 g/mol. The van der Waals surface area contributed by atoms with Crippen molar-refractivity contribution in [1.82, 2.24) is 10.2 Å². The Labute approximate surface area is 188 Å². The van der Waals surface area contributed by atoms with Gasteiger partial charge in [-0.05, 0) is 30.4 Å². The Balaban J connectivity index is 1.66. The number of nitrogens with one attached hydrogen (secondary N) is 1.